The fourth-order valence-corrected chi connectivity index (χ4v) is 3.92. The fourth-order valence-electron chi connectivity index (χ4n) is 2.47. The molecule has 2 rings (SSSR count). The van der Waals surface area contributed by atoms with Gasteiger partial charge in [-0.1, -0.05) is 17.7 Å². The van der Waals surface area contributed by atoms with E-state index < -0.39 is 15.2 Å². The summed E-state index contributed by atoms with van der Waals surface area (Å²) in [6.07, 6.45) is 1.34. The van der Waals surface area contributed by atoms with E-state index in [-0.39, 0.29) is 22.0 Å². The van der Waals surface area contributed by atoms with Gasteiger partial charge in [0.2, 0.25) is 21.7 Å². The molecule has 0 radical (unpaired) electrons. The Morgan fingerprint density at radius 3 is 1.92 bits per heavy atom. The number of rotatable bonds is 7. The molecule has 8 heteroatoms. The first kappa shape index (κ1) is 19.5. The van der Waals surface area contributed by atoms with E-state index in [9.17, 15) is 13.2 Å². The number of sulfone groups is 1. The van der Waals surface area contributed by atoms with Gasteiger partial charge in [0.05, 0.1) is 26.2 Å². The van der Waals surface area contributed by atoms with Crippen LogP contribution in [0.1, 0.15) is 16.5 Å². The Labute approximate surface area is 152 Å². The second-order valence-corrected chi connectivity index (χ2v) is 7.40. The van der Waals surface area contributed by atoms with E-state index in [1.54, 1.807) is 12.1 Å². The molecule has 138 valence electrons. The molecule has 0 amide bonds. The molecule has 0 N–H and O–H groups in total. The molecule has 1 unspecified atom stereocenters. The van der Waals surface area contributed by atoms with Gasteiger partial charge in [0, 0.05) is 5.56 Å². The van der Waals surface area contributed by atoms with Crippen LogP contribution >= 0.6 is 0 Å². The van der Waals surface area contributed by atoms with E-state index >= 15 is 0 Å². The normalized spacial score (nSPS) is 12.0. The minimum absolute atomic E-state index is 0.0425. The van der Waals surface area contributed by atoms with Crippen molar-refractivity contribution in [3.8, 4) is 17.2 Å². The molecule has 0 aliphatic carbocycles. The zero-order valence-corrected chi connectivity index (χ0v) is 15.7. The summed E-state index contributed by atoms with van der Waals surface area (Å²) in [6.45, 7) is 1.84. The van der Waals surface area contributed by atoms with Crippen LogP contribution in [-0.2, 0) is 14.6 Å². The first-order valence-corrected chi connectivity index (χ1v) is 9.11. The topological polar surface area (TPSA) is 91.3 Å². The monoisotopic (exact) mass is 377 g/mol. The van der Waals surface area contributed by atoms with E-state index in [2.05, 4.69) is 4.99 Å². The van der Waals surface area contributed by atoms with Crippen molar-refractivity contribution in [1.29, 1.82) is 0 Å². The van der Waals surface area contributed by atoms with Gasteiger partial charge in [0.1, 0.15) is 0 Å². The molecule has 0 saturated heterocycles. The van der Waals surface area contributed by atoms with Crippen LogP contribution in [0.15, 0.2) is 46.3 Å². The highest BCUT2D eigenvalue weighted by Gasteiger charge is 2.31. The number of nitrogens with zero attached hydrogens (tertiary/aromatic N) is 1. The van der Waals surface area contributed by atoms with Crippen LogP contribution < -0.4 is 14.2 Å². The van der Waals surface area contributed by atoms with E-state index in [0.717, 1.165) is 5.56 Å². The SMILES string of the molecule is COc1cc(C(N=C=O)S(=O)(=O)c2ccc(C)cc2)cc(OC)c1OC. The molecule has 0 spiro atoms. The Bertz CT molecular complexity index is 906. The van der Waals surface area contributed by atoms with Crippen LogP contribution in [0.3, 0.4) is 0 Å². The molecule has 2 aromatic rings. The van der Waals surface area contributed by atoms with Crippen molar-refractivity contribution < 1.29 is 27.4 Å². The van der Waals surface area contributed by atoms with Crippen LogP contribution in [0.4, 0.5) is 0 Å². The predicted molar refractivity (Wildman–Crippen MR) is 95.3 cm³/mol. The maximum absolute atomic E-state index is 13.0. The van der Waals surface area contributed by atoms with Gasteiger partial charge >= 0.3 is 0 Å². The lowest BCUT2D eigenvalue weighted by Crippen LogP contribution is -2.13. The predicted octanol–water partition coefficient (Wildman–Crippen LogP) is 2.83. The largest absolute Gasteiger partial charge is 0.493 e. The lowest BCUT2D eigenvalue weighted by atomic mass is 10.2. The third kappa shape index (κ3) is 3.71. The summed E-state index contributed by atoms with van der Waals surface area (Å²) in [5.74, 6) is 0.819. The summed E-state index contributed by atoms with van der Waals surface area (Å²) >= 11 is 0. The number of hydrogen-bond acceptors (Lipinski definition) is 7. The molecule has 0 saturated carbocycles. The Balaban J connectivity index is 2.67. The maximum Gasteiger partial charge on any atom is 0.236 e. The molecule has 1 atom stereocenters. The maximum atomic E-state index is 13.0. The average Bonchev–Trinajstić information content (AvgIpc) is 2.65. The Morgan fingerprint density at radius 1 is 0.962 bits per heavy atom. The summed E-state index contributed by atoms with van der Waals surface area (Å²) in [6, 6.07) is 9.16. The highest BCUT2D eigenvalue weighted by atomic mass is 32.2. The van der Waals surface area contributed by atoms with Gasteiger partial charge < -0.3 is 14.2 Å². The zero-order valence-electron chi connectivity index (χ0n) is 14.8. The lowest BCUT2D eigenvalue weighted by Gasteiger charge is -2.17. The molecule has 2 aromatic carbocycles. The van der Waals surface area contributed by atoms with Crippen LogP contribution in [0.25, 0.3) is 0 Å². The van der Waals surface area contributed by atoms with Crippen molar-refractivity contribution in [2.45, 2.75) is 17.2 Å². The lowest BCUT2D eigenvalue weighted by molar-refractivity contribution is 0.323. The van der Waals surface area contributed by atoms with E-state index in [1.165, 1.54) is 51.7 Å². The number of isocyanates is 1. The van der Waals surface area contributed by atoms with E-state index in [1.807, 2.05) is 6.92 Å². The van der Waals surface area contributed by atoms with E-state index in [0.29, 0.717) is 5.75 Å². The highest BCUT2D eigenvalue weighted by Crippen LogP contribution is 2.42. The van der Waals surface area contributed by atoms with Crippen molar-refractivity contribution in [2.24, 2.45) is 4.99 Å². The van der Waals surface area contributed by atoms with Gasteiger partial charge in [-0.25, -0.2) is 13.2 Å². The van der Waals surface area contributed by atoms with Crippen molar-refractivity contribution in [3.63, 3.8) is 0 Å². The van der Waals surface area contributed by atoms with Crippen molar-refractivity contribution in [1.82, 2.24) is 0 Å². The third-order valence-electron chi connectivity index (χ3n) is 3.79. The quantitative estimate of drug-likeness (QED) is 0.544. The zero-order chi connectivity index (χ0) is 19.3. The van der Waals surface area contributed by atoms with Gasteiger partial charge in [-0.3, -0.25) is 0 Å². The summed E-state index contributed by atoms with van der Waals surface area (Å²) in [7, 11) is 0.272. The van der Waals surface area contributed by atoms with Gasteiger partial charge in [-0.05, 0) is 31.2 Å². The van der Waals surface area contributed by atoms with Crippen molar-refractivity contribution >= 4 is 15.9 Å². The molecule has 0 bridgehead atoms. The van der Waals surface area contributed by atoms with Gasteiger partial charge in [-0.2, -0.15) is 4.99 Å². The Hall–Kier alpha value is -2.83. The standard InChI is InChI=1S/C18H19NO6S/c1-12-5-7-14(8-6-12)26(21,22)18(19-11-20)13-9-15(23-2)17(25-4)16(10-13)24-3/h5-10,18H,1-4H3. The number of aryl methyl sites for hydroxylation is 1. The number of carbonyl (C=O) groups excluding carboxylic acids is 1. The van der Waals surface area contributed by atoms with Crippen molar-refractivity contribution in [2.75, 3.05) is 21.3 Å². The minimum Gasteiger partial charge on any atom is -0.493 e. The fraction of sp³-hybridized carbons (Fsp3) is 0.278. The molecule has 0 fully saturated rings. The second-order valence-electron chi connectivity index (χ2n) is 5.39. The number of ether oxygens (including phenoxy) is 3. The molecule has 0 aromatic heterocycles. The number of benzene rings is 2. The third-order valence-corrected chi connectivity index (χ3v) is 5.68. The molecule has 0 heterocycles. The molecule has 7 nitrogen and oxygen atoms in total. The van der Waals surface area contributed by atoms with E-state index in [4.69, 9.17) is 14.2 Å². The van der Waals surface area contributed by atoms with Gasteiger partial charge in [-0.15, -0.1) is 0 Å². The van der Waals surface area contributed by atoms with Gasteiger partial charge in [0.25, 0.3) is 0 Å². The van der Waals surface area contributed by atoms with Crippen LogP contribution in [0.5, 0.6) is 17.2 Å². The summed E-state index contributed by atoms with van der Waals surface area (Å²) in [5, 5.41) is -1.49. The van der Waals surface area contributed by atoms with Crippen LogP contribution in [0.2, 0.25) is 0 Å². The molecule has 0 aliphatic heterocycles. The summed E-state index contributed by atoms with van der Waals surface area (Å²) in [5.41, 5.74) is 1.11. The first-order chi connectivity index (χ1) is 12.4. The molecular weight excluding hydrogens is 358 g/mol. The number of methoxy groups -OCH3 is 3. The highest BCUT2D eigenvalue weighted by molar-refractivity contribution is 7.91. The number of aliphatic imine (C=N–C) groups is 1. The molecule has 26 heavy (non-hydrogen) atoms. The minimum atomic E-state index is -3.98. The smallest absolute Gasteiger partial charge is 0.236 e. The summed E-state index contributed by atoms with van der Waals surface area (Å²) < 4.78 is 41.7. The Morgan fingerprint density at radius 2 is 1.50 bits per heavy atom. The van der Waals surface area contributed by atoms with Crippen molar-refractivity contribution in [3.05, 3.63) is 47.5 Å². The van der Waals surface area contributed by atoms with Crippen LogP contribution in [0, 0.1) is 6.92 Å². The summed E-state index contributed by atoms with van der Waals surface area (Å²) in [4.78, 5) is 14.5. The van der Waals surface area contributed by atoms with Gasteiger partial charge in [0.15, 0.2) is 16.9 Å². The average molecular weight is 377 g/mol. The second kappa shape index (κ2) is 8.03. The Kier molecular flexibility index (Phi) is 6.02. The van der Waals surface area contributed by atoms with Crippen LogP contribution in [-0.4, -0.2) is 35.8 Å². The first-order valence-electron chi connectivity index (χ1n) is 7.56. The molecule has 0 aliphatic rings. The molecular formula is C18H19NO6S. The number of hydrogen-bond donors (Lipinski definition) is 0.